The molecule has 0 saturated carbocycles. The molecule has 0 aliphatic heterocycles. The molecule has 0 aromatic heterocycles. The van der Waals surface area contributed by atoms with Crippen LogP contribution < -0.4 is 0 Å². The molecule has 3 nitrogen and oxygen atoms in total. The van der Waals surface area contributed by atoms with Crippen LogP contribution in [0.2, 0.25) is 0 Å². The van der Waals surface area contributed by atoms with Crippen molar-refractivity contribution in [3.8, 4) is 0 Å². The molecule has 4 heteroatoms. The minimum Gasteiger partial charge on any atom is -0.311 e. The predicted molar refractivity (Wildman–Crippen MR) is 84.8 cm³/mol. The van der Waals surface area contributed by atoms with Crippen molar-refractivity contribution in [2.45, 2.75) is 19.8 Å². The summed E-state index contributed by atoms with van der Waals surface area (Å²) in [5, 5.41) is 3.83. The Balaban J connectivity index is 2.05. The third kappa shape index (κ3) is 4.17. The van der Waals surface area contributed by atoms with E-state index in [0.29, 0.717) is 17.0 Å². The van der Waals surface area contributed by atoms with Gasteiger partial charge in [-0.3, -0.25) is 0 Å². The quantitative estimate of drug-likeness (QED) is 0.471. The summed E-state index contributed by atoms with van der Waals surface area (Å²) in [6, 6.07) is 16.3. The fourth-order valence-electron chi connectivity index (χ4n) is 1.77. The molecular formula is C17H16ClNO2. The molecule has 0 heterocycles. The first kappa shape index (κ1) is 15.3. The average Bonchev–Trinajstić information content (AvgIpc) is 2.53. The number of oxime groups is 1. The molecule has 108 valence electrons. The molecule has 0 radical (unpaired) electrons. The topological polar surface area (TPSA) is 38.7 Å². The van der Waals surface area contributed by atoms with Crippen molar-refractivity contribution in [2.24, 2.45) is 5.16 Å². The van der Waals surface area contributed by atoms with Crippen LogP contribution in [0.5, 0.6) is 0 Å². The predicted octanol–water partition coefficient (Wildman–Crippen LogP) is 4.57. The van der Waals surface area contributed by atoms with Gasteiger partial charge in [-0.05, 0) is 23.6 Å². The van der Waals surface area contributed by atoms with E-state index in [1.54, 1.807) is 24.3 Å². The minimum absolute atomic E-state index is 0.148. The van der Waals surface area contributed by atoms with Crippen molar-refractivity contribution < 1.29 is 9.63 Å². The highest BCUT2D eigenvalue weighted by Crippen LogP contribution is 2.16. The van der Waals surface area contributed by atoms with Crippen LogP contribution in [0.25, 0.3) is 0 Å². The summed E-state index contributed by atoms with van der Waals surface area (Å²) in [6.45, 7) is 4.23. The van der Waals surface area contributed by atoms with Gasteiger partial charge in [-0.1, -0.05) is 73.1 Å². The van der Waals surface area contributed by atoms with E-state index in [9.17, 15) is 4.79 Å². The average molecular weight is 302 g/mol. The van der Waals surface area contributed by atoms with Gasteiger partial charge in [0, 0.05) is 5.56 Å². The van der Waals surface area contributed by atoms with E-state index in [1.165, 1.54) is 5.56 Å². The fraction of sp³-hybridized carbons (Fsp3) is 0.176. The molecule has 0 atom stereocenters. The summed E-state index contributed by atoms with van der Waals surface area (Å²) in [7, 11) is 0. The smallest absolute Gasteiger partial charge is 0.311 e. The van der Waals surface area contributed by atoms with Crippen molar-refractivity contribution in [1.82, 2.24) is 0 Å². The van der Waals surface area contributed by atoms with Gasteiger partial charge in [0.15, 0.2) is 5.17 Å². The SMILES string of the molecule is CC(C)c1ccc(/C(Cl)=N/OC(=O)c2ccccc2)cc1. The van der Waals surface area contributed by atoms with Crippen LogP contribution in [-0.2, 0) is 4.84 Å². The highest BCUT2D eigenvalue weighted by Gasteiger charge is 2.08. The standard InChI is InChI=1S/C17H16ClNO2/c1-12(2)13-8-10-14(11-9-13)16(18)19-21-17(20)15-6-4-3-5-7-15/h3-12H,1-2H3/b19-16-. The van der Waals surface area contributed by atoms with Gasteiger partial charge in [0.1, 0.15) is 0 Å². The van der Waals surface area contributed by atoms with Gasteiger partial charge in [-0.25, -0.2) is 4.79 Å². The first-order valence-electron chi connectivity index (χ1n) is 6.68. The molecule has 21 heavy (non-hydrogen) atoms. The Morgan fingerprint density at radius 3 is 2.19 bits per heavy atom. The van der Waals surface area contributed by atoms with Crippen LogP contribution in [0.1, 0.15) is 41.3 Å². The Kier molecular flexibility index (Phi) is 5.12. The summed E-state index contributed by atoms with van der Waals surface area (Å²) < 4.78 is 0. The van der Waals surface area contributed by atoms with E-state index in [0.717, 1.165) is 0 Å². The largest absolute Gasteiger partial charge is 0.365 e. The highest BCUT2D eigenvalue weighted by atomic mass is 35.5. The lowest BCUT2D eigenvalue weighted by molar-refractivity contribution is 0.0518. The number of rotatable bonds is 4. The van der Waals surface area contributed by atoms with Crippen molar-refractivity contribution in [2.75, 3.05) is 0 Å². The molecule has 2 rings (SSSR count). The first-order chi connectivity index (χ1) is 10.1. The number of benzene rings is 2. The second-order valence-corrected chi connectivity index (χ2v) is 5.26. The molecule has 0 saturated heterocycles. The van der Waals surface area contributed by atoms with Crippen molar-refractivity contribution in [1.29, 1.82) is 0 Å². The van der Waals surface area contributed by atoms with Crippen LogP contribution in [-0.4, -0.2) is 11.1 Å². The van der Waals surface area contributed by atoms with Gasteiger partial charge in [-0.15, -0.1) is 0 Å². The lowest BCUT2D eigenvalue weighted by Crippen LogP contribution is -2.02. The van der Waals surface area contributed by atoms with Gasteiger partial charge in [0.2, 0.25) is 0 Å². The highest BCUT2D eigenvalue weighted by molar-refractivity contribution is 6.69. The molecule has 0 fully saturated rings. The zero-order chi connectivity index (χ0) is 15.2. The van der Waals surface area contributed by atoms with Crippen LogP contribution in [0, 0.1) is 0 Å². The van der Waals surface area contributed by atoms with E-state index >= 15 is 0 Å². The van der Waals surface area contributed by atoms with Gasteiger partial charge >= 0.3 is 5.97 Å². The maximum absolute atomic E-state index is 11.7. The third-order valence-electron chi connectivity index (χ3n) is 3.03. The van der Waals surface area contributed by atoms with Crippen LogP contribution in [0.4, 0.5) is 0 Å². The number of carbonyl (C=O) groups is 1. The van der Waals surface area contributed by atoms with E-state index in [-0.39, 0.29) is 5.17 Å². The lowest BCUT2D eigenvalue weighted by Gasteiger charge is -2.05. The fourth-order valence-corrected chi connectivity index (χ4v) is 1.93. The summed E-state index contributed by atoms with van der Waals surface area (Å²) in [5.74, 6) is -0.0850. The Labute approximate surface area is 129 Å². The van der Waals surface area contributed by atoms with E-state index in [2.05, 4.69) is 19.0 Å². The second kappa shape index (κ2) is 7.04. The Morgan fingerprint density at radius 1 is 1.00 bits per heavy atom. The Hall–Kier alpha value is -2.13. The molecule has 0 N–H and O–H groups in total. The van der Waals surface area contributed by atoms with Crippen molar-refractivity contribution >= 4 is 22.7 Å². The zero-order valence-electron chi connectivity index (χ0n) is 11.9. The van der Waals surface area contributed by atoms with E-state index < -0.39 is 5.97 Å². The Bertz CT molecular complexity index is 634. The minimum atomic E-state index is -0.535. The summed E-state index contributed by atoms with van der Waals surface area (Å²) in [4.78, 5) is 16.6. The summed E-state index contributed by atoms with van der Waals surface area (Å²) in [5.41, 5.74) is 2.35. The number of carbonyl (C=O) groups excluding carboxylic acids is 1. The molecule has 2 aromatic carbocycles. The second-order valence-electron chi connectivity index (χ2n) is 4.90. The molecule has 0 amide bonds. The van der Waals surface area contributed by atoms with E-state index in [1.807, 2.05) is 30.3 Å². The molecule has 0 unspecified atom stereocenters. The van der Waals surface area contributed by atoms with Gasteiger partial charge in [0.05, 0.1) is 5.56 Å². The van der Waals surface area contributed by atoms with Crippen LogP contribution in [0.15, 0.2) is 59.8 Å². The van der Waals surface area contributed by atoms with Gasteiger partial charge in [-0.2, -0.15) is 0 Å². The summed E-state index contributed by atoms with van der Waals surface area (Å²) >= 11 is 6.04. The monoisotopic (exact) mass is 301 g/mol. The van der Waals surface area contributed by atoms with Crippen LogP contribution in [0.3, 0.4) is 0 Å². The number of halogens is 1. The van der Waals surface area contributed by atoms with Crippen molar-refractivity contribution in [3.05, 3.63) is 71.3 Å². The van der Waals surface area contributed by atoms with Crippen LogP contribution >= 0.6 is 11.6 Å². The third-order valence-corrected chi connectivity index (χ3v) is 3.32. The molecule has 0 bridgehead atoms. The van der Waals surface area contributed by atoms with Gasteiger partial charge in [0.25, 0.3) is 0 Å². The number of hydrogen-bond donors (Lipinski definition) is 0. The maximum atomic E-state index is 11.7. The lowest BCUT2D eigenvalue weighted by atomic mass is 10.0. The zero-order valence-corrected chi connectivity index (χ0v) is 12.7. The summed E-state index contributed by atoms with van der Waals surface area (Å²) in [6.07, 6.45) is 0. The first-order valence-corrected chi connectivity index (χ1v) is 7.06. The van der Waals surface area contributed by atoms with Gasteiger partial charge < -0.3 is 4.84 Å². The molecule has 0 spiro atoms. The maximum Gasteiger partial charge on any atom is 0.365 e. The molecule has 2 aromatic rings. The number of nitrogens with zero attached hydrogens (tertiary/aromatic N) is 1. The molecular weight excluding hydrogens is 286 g/mol. The Morgan fingerprint density at radius 2 is 1.62 bits per heavy atom. The van der Waals surface area contributed by atoms with Crippen molar-refractivity contribution in [3.63, 3.8) is 0 Å². The number of hydrogen-bond acceptors (Lipinski definition) is 3. The molecule has 0 aliphatic rings. The van der Waals surface area contributed by atoms with E-state index in [4.69, 9.17) is 16.4 Å². The normalized spacial score (nSPS) is 11.5. The molecule has 0 aliphatic carbocycles.